The van der Waals surface area contributed by atoms with Gasteiger partial charge >= 0.3 is 0 Å². The van der Waals surface area contributed by atoms with Crippen molar-refractivity contribution in [1.29, 1.82) is 0 Å². The number of aromatic nitrogens is 2. The van der Waals surface area contributed by atoms with Crippen molar-refractivity contribution in [3.8, 4) is 11.5 Å². The van der Waals surface area contributed by atoms with E-state index in [0.29, 0.717) is 0 Å². The van der Waals surface area contributed by atoms with Gasteiger partial charge in [0.25, 0.3) is 0 Å². The molecule has 2 aromatic carbocycles. The van der Waals surface area contributed by atoms with E-state index < -0.39 is 0 Å². The van der Waals surface area contributed by atoms with Crippen molar-refractivity contribution in [3.63, 3.8) is 0 Å². The minimum absolute atomic E-state index is 0.00815. The number of imidazole rings is 1. The van der Waals surface area contributed by atoms with Crippen molar-refractivity contribution in [3.05, 3.63) is 48.0 Å². The Morgan fingerprint density at radius 1 is 1.13 bits per heavy atom. The van der Waals surface area contributed by atoms with E-state index in [9.17, 15) is 0 Å². The topological polar surface area (TPSA) is 59.2 Å². The molecular formula is C18H19N3O2. The average Bonchev–Trinajstić information content (AvgIpc) is 3.16. The number of hydrogen-bond acceptors (Lipinski definition) is 4. The Balaban J connectivity index is 1.54. The minimum Gasteiger partial charge on any atom is -0.454 e. The highest BCUT2D eigenvalue weighted by Crippen LogP contribution is 2.35. The summed E-state index contributed by atoms with van der Waals surface area (Å²) in [7, 11) is 0. The summed E-state index contributed by atoms with van der Waals surface area (Å²) in [4.78, 5) is 7.88. The third kappa shape index (κ3) is 2.59. The van der Waals surface area contributed by atoms with Gasteiger partial charge in [-0.05, 0) is 5.56 Å². The average molecular weight is 309 g/mol. The van der Waals surface area contributed by atoms with Crippen molar-refractivity contribution >= 4 is 17.0 Å². The van der Waals surface area contributed by atoms with E-state index in [0.717, 1.165) is 35.0 Å². The van der Waals surface area contributed by atoms with E-state index in [1.807, 2.05) is 18.2 Å². The van der Waals surface area contributed by atoms with E-state index in [-0.39, 0.29) is 12.2 Å². The highest BCUT2D eigenvalue weighted by molar-refractivity contribution is 5.82. The lowest BCUT2D eigenvalue weighted by molar-refractivity contribution is 0.174. The monoisotopic (exact) mass is 309 g/mol. The lowest BCUT2D eigenvalue weighted by Gasteiger charge is -2.25. The number of nitrogens with one attached hydrogen (secondary N) is 2. The smallest absolute Gasteiger partial charge is 0.231 e. The SMILES string of the molecule is CC(C)(CNc1nc2cc3c(cc2[nH]1)OCO3)c1ccccc1. The van der Waals surface area contributed by atoms with Crippen molar-refractivity contribution in [2.45, 2.75) is 19.3 Å². The first kappa shape index (κ1) is 13.9. The summed E-state index contributed by atoms with van der Waals surface area (Å²) < 4.78 is 10.8. The van der Waals surface area contributed by atoms with Crippen LogP contribution < -0.4 is 14.8 Å². The summed E-state index contributed by atoms with van der Waals surface area (Å²) in [6, 6.07) is 14.3. The first-order valence-electron chi connectivity index (χ1n) is 7.71. The highest BCUT2D eigenvalue weighted by Gasteiger charge is 2.21. The standard InChI is InChI=1S/C18H19N3O2/c1-18(2,12-6-4-3-5-7-12)10-19-17-20-13-8-15-16(23-11-22-15)9-14(13)21-17/h3-9H,10-11H2,1-2H3,(H2,19,20,21). The van der Waals surface area contributed by atoms with E-state index >= 15 is 0 Å². The number of ether oxygens (including phenoxy) is 2. The zero-order chi connectivity index (χ0) is 15.9. The molecule has 5 heteroatoms. The predicted molar refractivity (Wildman–Crippen MR) is 90.2 cm³/mol. The van der Waals surface area contributed by atoms with Crippen LogP contribution in [0.4, 0.5) is 5.95 Å². The lowest BCUT2D eigenvalue weighted by Crippen LogP contribution is -2.27. The van der Waals surface area contributed by atoms with Crippen molar-refractivity contribution < 1.29 is 9.47 Å². The fourth-order valence-electron chi connectivity index (χ4n) is 2.78. The van der Waals surface area contributed by atoms with Crippen LogP contribution in [0.3, 0.4) is 0 Å². The Morgan fingerprint density at radius 2 is 1.87 bits per heavy atom. The number of H-pyrrole nitrogens is 1. The van der Waals surface area contributed by atoms with Gasteiger partial charge in [0.05, 0.1) is 11.0 Å². The maximum atomic E-state index is 5.40. The number of anilines is 1. The molecular weight excluding hydrogens is 290 g/mol. The molecule has 0 aliphatic carbocycles. The molecule has 2 heterocycles. The predicted octanol–water partition coefficient (Wildman–Crippen LogP) is 3.68. The minimum atomic E-state index is 0.00815. The molecule has 118 valence electrons. The molecule has 4 rings (SSSR count). The van der Waals surface area contributed by atoms with Gasteiger partial charge in [-0.2, -0.15) is 0 Å². The molecule has 0 fully saturated rings. The van der Waals surface area contributed by atoms with Gasteiger partial charge in [-0.3, -0.25) is 0 Å². The molecule has 0 amide bonds. The van der Waals surface area contributed by atoms with Crippen LogP contribution in [-0.4, -0.2) is 23.3 Å². The lowest BCUT2D eigenvalue weighted by atomic mass is 9.85. The van der Waals surface area contributed by atoms with Gasteiger partial charge < -0.3 is 19.8 Å². The van der Waals surface area contributed by atoms with Crippen LogP contribution in [0.5, 0.6) is 11.5 Å². The Labute approximate surface area is 134 Å². The van der Waals surface area contributed by atoms with Crippen LogP contribution in [0.15, 0.2) is 42.5 Å². The molecule has 2 N–H and O–H groups in total. The van der Waals surface area contributed by atoms with Crippen molar-refractivity contribution in [2.75, 3.05) is 18.7 Å². The van der Waals surface area contributed by atoms with Gasteiger partial charge in [0, 0.05) is 24.1 Å². The van der Waals surface area contributed by atoms with Gasteiger partial charge in [-0.1, -0.05) is 44.2 Å². The molecule has 1 aliphatic rings. The van der Waals surface area contributed by atoms with E-state index in [1.54, 1.807) is 0 Å². The number of hydrogen-bond donors (Lipinski definition) is 2. The van der Waals surface area contributed by atoms with E-state index in [1.165, 1.54) is 5.56 Å². The third-order valence-electron chi connectivity index (χ3n) is 4.23. The number of rotatable bonds is 4. The van der Waals surface area contributed by atoms with Crippen LogP contribution in [0.1, 0.15) is 19.4 Å². The molecule has 0 atom stereocenters. The van der Waals surface area contributed by atoms with E-state index in [2.05, 4.69) is 53.4 Å². The summed E-state index contributed by atoms with van der Waals surface area (Å²) in [5.74, 6) is 2.27. The zero-order valence-electron chi connectivity index (χ0n) is 13.2. The van der Waals surface area contributed by atoms with Gasteiger partial charge in [0.15, 0.2) is 11.5 Å². The summed E-state index contributed by atoms with van der Waals surface area (Å²) in [6.45, 7) is 5.49. The molecule has 0 radical (unpaired) electrons. The number of aromatic amines is 1. The summed E-state index contributed by atoms with van der Waals surface area (Å²) in [5.41, 5.74) is 3.11. The van der Waals surface area contributed by atoms with Crippen molar-refractivity contribution in [1.82, 2.24) is 9.97 Å². The molecule has 1 aliphatic heterocycles. The zero-order valence-corrected chi connectivity index (χ0v) is 13.2. The fraction of sp³-hybridized carbons (Fsp3) is 0.278. The van der Waals surface area contributed by atoms with Gasteiger partial charge in [-0.25, -0.2) is 4.98 Å². The first-order chi connectivity index (χ1) is 11.1. The maximum absolute atomic E-state index is 5.40. The second-order valence-electron chi connectivity index (χ2n) is 6.41. The summed E-state index contributed by atoms with van der Waals surface area (Å²) >= 11 is 0. The first-order valence-corrected chi connectivity index (χ1v) is 7.71. The van der Waals surface area contributed by atoms with Crippen LogP contribution in [0, 0.1) is 0 Å². The number of nitrogens with zero attached hydrogens (tertiary/aromatic N) is 1. The Hall–Kier alpha value is -2.69. The molecule has 5 nitrogen and oxygen atoms in total. The second-order valence-corrected chi connectivity index (χ2v) is 6.41. The Kier molecular flexibility index (Phi) is 3.15. The molecule has 0 saturated carbocycles. The number of fused-ring (bicyclic) bond motifs is 2. The van der Waals surface area contributed by atoms with Crippen LogP contribution in [-0.2, 0) is 5.41 Å². The molecule has 3 aromatic rings. The summed E-state index contributed by atoms with van der Waals surface area (Å²) in [6.07, 6.45) is 0. The summed E-state index contributed by atoms with van der Waals surface area (Å²) in [5, 5.41) is 3.40. The molecule has 0 bridgehead atoms. The molecule has 23 heavy (non-hydrogen) atoms. The molecule has 0 spiro atoms. The Bertz CT molecular complexity index is 799. The fourth-order valence-corrected chi connectivity index (χ4v) is 2.78. The van der Waals surface area contributed by atoms with Crippen molar-refractivity contribution in [2.24, 2.45) is 0 Å². The molecule has 0 unspecified atom stereocenters. The molecule has 1 aromatic heterocycles. The second kappa shape index (κ2) is 5.19. The van der Waals surface area contributed by atoms with Gasteiger partial charge in [-0.15, -0.1) is 0 Å². The van der Waals surface area contributed by atoms with Crippen LogP contribution in [0.25, 0.3) is 11.0 Å². The highest BCUT2D eigenvalue weighted by atomic mass is 16.7. The maximum Gasteiger partial charge on any atom is 0.231 e. The van der Waals surface area contributed by atoms with Gasteiger partial charge in [0.2, 0.25) is 12.7 Å². The Morgan fingerprint density at radius 3 is 2.65 bits per heavy atom. The normalized spacial score (nSPS) is 13.5. The quantitative estimate of drug-likeness (QED) is 0.772. The van der Waals surface area contributed by atoms with Crippen LogP contribution >= 0.6 is 0 Å². The largest absolute Gasteiger partial charge is 0.454 e. The molecule has 0 saturated heterocycles. The van der Waals surface area contributed by atoms with Gasteiger partial charge in [0.1, 0.15) is 0 Å². The number of benzene rings is 2. The van der Waals surface area contributed by atoms with Crippen LogP contribution in [0.2, 0.25) is 0 Å². The van der Waals surface area contributed by atoms with E-state index in [4.69, 9.17) is 9.47 Å². The third-order valence-corrected chi connectivity index (χ3v) is 4.23.